The Bertz CT molecular complexity index is 679. The number of carbonyl (C=O) groups is 1. The van der Waals surface area contributed by atoms with Crippen molar-refractivity contribution in [1.29, 1.82) is 0 Å². The van der Waals surface area contributed by atoms with Gasteiger partial charge in [0.05, 0.1) is 17.8 Å². The first-order chi connectivity index (χ1) is 10.6. The van der Waals surface area contributed by atoms with Gasteiger partial charge >= 0.3 is 0 Å². The highest BCUT2D eigenvalue weighted by atomic mass is 35.5. The predicted octanol–water partition coefficient (Wildman–Crippen LogP) is 2.62. The highest BCUT2D eigenvalue weighted by molar-refractivity contribution is 6.30. The zero-order valence-corrected chi connectivity index (χ0v) is 13.5. The lowest BCUT2D eigenvalue weighted by Gasteiger charge is -2.21. The molecule has 0 saturated carbocycles. The maximum absolute atomic E-state index is 12.5. The van der Waals surface area contributed by atoms with Gasteiger partial charge in [0.25, 0.3) is 0 Å². The van der Waals surface area contributed by atoms with Crippen LogP contribution in [0.25, 0.3) is 0 Å². The molecule has 0 spiro atoms. The van der Waals surface area contributed by atoms with Gasteiger partial charge in [0.15, 0.2) is 0 Å². The molecule has 1 aliphatic rings. The molecule has 1 aliphatic carbocycles. The van der Waals surface area contributed by atoms with Gasteiger partial charge < -0.3 is 9.42 Å². The number of hydrogen-bond donors (Lipinski definition) is 0. The van der Waals surface area contributed by atoms with Crippen molar-refractivity contribution in [2.75, 3.05) is 7.05 Å². The summed E-state index contributed by atoms with van der Waals surface area (Å²) in [5, 5.41) is 8.75. The minimum atomic E-state index is -0.403. The topological polar surface area (TPSA) is 64.2 Å². The summed E-state index contributed by atoms with van der Waals surface area (Å²) in [6, 6.07) is -0.403. The SMILES string of the molecule is CC(C(=O)N(C)Cc1noc2c1CCCC2)n1cc(Cl)cn1. The van der Waals surface area contributed by atoms with Gasteiger partial charge in [-0.2, -0.15) is 5.10 Å². The van der Waals surface area contributed by atoms with Gasteiger partial charge in [0, 0.05) is 25.2 Å². The van der Waals surface area contributed by atoms with Gasteiger partial charge in [0.1, 0.15) is 17.5 Å². The van der Waals surface area contributed by atoms with E-state index in [-0.39, 0.29) is 5.91 Å². The molecule has 0 radical (unpaired) electrons. The Hall–Kier alpha value is -1.82. The van der Waals surface area contributed by atoms with Crippen LogP contribution in [0.4, 0.5) is 0 Å². The van der Waals surface area contributed by atoms with Gasteiger partial charge in [-0.15, -0.1) is 0 Å². The molecule has 0 N–H and O–H groups in total. The quantitative estimate of drug-likeness (QED) is 0.868. The van der Waals surface area contributed by atoms with Crippen molar-refractivity contribution in [3.63, 3.8) is 0 Å². The molecule has 0 aromatic carbocycles. The summed E-state index contributed by atoms with van der Waals surface area (Å²) in [6.45, 7) is 2.26. The second-order valence-corrected chi connectivity index (χ2v) is 6.18. The van der Waals surface area contributed by atoms with Crippen LogP contribution in [-0.2, 0) is 24.2 Å². The highest BCUT2D eigenvalue weighted by Gasteiger charge is 2.24. The van der Waals surface area contributed by atoms with Crippen molar-refractivity contribution in [3.05, 3.63) is 34.4 Å². The van der Waals surface area contributed by atoms with E-state index in [1.165, 1.54) is 11.8 Å². The normalized spacial score (nSPS) is 15.4. The Labute approximate surface area is 134 Å². The van der Waals surface area contributed by atoms with E-state index in [1.807, 2.05) is 0 Å². The van der Waals surface area contributed by atoms with Gasteiger partial charge in [-0.25, -0.2) is 0 Å². The third-order valence-corrected chi connectivity index (χ3v) is 4.31. The fourth-order valence-electron chi connectivity index (χ4n) is 2.83. The van der Waals surface area contributed by atoms with E-state index < -0.39 is 6.04 Å². The zero-order chi connectivity index (χ0) is 15.7. The van der Waals surface area contributed by atoms with Crippen LogP contribution in [0.5, 0.6) is 0 Å². The van der Waals surface area contributed by atoms with Crippen molar-refractivity contribution < 1.29 is 9.32 Å². The van der Waals surface area contributed by atoms with Crippen LogP contribution < -0.4 is 0 Å². The maximum Gasteiger partial charge on any atom is 0.247 e. The van der Waals surface area contributed by atoms with Crippen molar-refractivity contribution in [3.8, 4) is 0 Å². The number of halogens is 1. The van der Waals surface area contributed by atoms with Gasteiger partial charge in [0.2, 0.25) is 5.91 Å². The van der Waals surface area contributed by atoms with E-state index in [0.717, 1.165) is 37.1 Å². The molecule has 2 aromatic rings. The van der Waals surface area contributed by atoms with E-state index >= 15 is 0 Å². The molecule has 0 fully saturated rings. The lowest BCUT2D eigenvalue weighted by molar-refractivity contribution is -0.133. The third kappa shape index (κ3) is 2.88. The van der Waals surface area contributed by atoms with Gasteiger partial charge in [-0.05, 0) is 26.2 Å². The number of fused-ring (bicyclic) bond motifs is 1. The van der Waals surface area contributed by atoms with Crippen LogP contribution in [0.3, 0.4) is 0 Å². The number of likely N-dealkylation sites (N-methyl/N-ethyl adjacent to an activating group) is 1. The lowest BCUT2D eigenvalue weighted by atomic mass is 9.96. The van der Waals surface area contributed by atoms with Crippen LogP contribution >= 0.6 is 11.6 Å². The molecule has 6 nitrogen and oxygen atoms in total. The van der Waals surface area contributed by atoms with E-state index in [4.69, 9.17) is 16.1 Å². The van der Waals surface area contributed by atoms with Crippen LogP contribution in [0.1, 0.15) is 42.8 Å². The first-order valence-corrected chi connectivity index (χ1v) is 7.85. The Balaban J connectivity index is 1.70. The number of hydrogen-bond acceptors (Lipinski definition) is 4. The van der Waals surface area contributed by atoms with Crippen LogP contribution in [-0.4, -0.2) is 32.8 Å². The molecule has 118 valence electrons. The first kappa shape index (κ1) is 15.1. The minimum absolute atomic E-state index is 0.0349. The summed E-state index contributed by atoms with van der Waals surface area (Å²) in [6.07, 6.45) is 7.41. The Kier molecular flexibility index (Phi) is 4.20. The minimum Gasteiger partial charge on any atom is -0.361 e. The molecule has 2 aromatic heterocycles. The van der Waals surface area contributed by atoms with Crippen molar-refractivity contribution >= 4 is 17.5 Å². The van der Waals surface area contributed by atoms with E-state index in [9.17, 15) is 4.79 Å². The second kappa shape index (κ2) is 6.12. The standard InChI is InChI=1S/C15H19ClN4O2/c1-10(20-8-11(16)7-17-20)15(21)19(2)9-13-12-5-3-4-6-14(12)22-18-13/h7-8,10H,3-6,9H2,1-2H3. The molecular formula is C15H19ClN4O2. The summed E-state index contributed by atoms with van der Waals surface area (Å²) < 4.78 is 6.96. The van der Waals surface area contributed by atoms with Crippen molar-refractivity contribution in [2.45, 2.75) is 45.2 Å². The summed E-state index contributed by atoms with van der Waals surface area (Å²) >= 11 is 5.85. The van der Waals surface area contributed by atoms with Gasteiger partial charge in [-0.1, -0.05) is 16.8 Å². The zero-order valence-electron chi connectivity index (χ0n) is 12.8. The Morgan fingerprint density at radius 2 is 2.27 bits per heavy atom. The maximum atomic E-state index is 12.5. The summed E-state index contributed by atoms with van der Waals surface area (Å²) in [5.41, 5.74) is 2.05. The molecule has 1 amide bonds. The Morgan fingerprint density at radius 3 is 3.00 bits per heavy atom. The average molecular weight is 323 g/mol. The van der Waals surface area contributed by atoms with Gasteiger partial charge in [-0.3, -0.25) is 9.48 Å². The summed E-state index contributed by atoms with van der Waals surface area (Å²) in [4.78, 5) is 14.2. The fraction of sp³-hybridized carbons (Fsp3) is 0.533. The number of aryl methyl sites for hydroxylation is 1. The van der Waals surface area contributed by atoms with Crippen molar-refractivity contribution in [2.24, 2.45) is 0 Å². The number of amides is 1. The molecular weight excluding hydrogens is 304 g/mol. The second-order valence-electron chi connectivity index (χ2n) is 5.75. The fourth-order valence-corrected chi connectivity index (χ4v) is 2.98. The number of aromatic nitrogens is 3. The van der Waals surface area contributed by atoms with E-state index in [2.05, 4.69) is 10.3 Å². The summed E-state index contributed by atoms with van der Waals surface area (Å²) in [5.74, 6) is 0.946. The smallest absolute Gasteiger partial charge is 0.247 e. The van der Waals surface area contributed by atoms with Crippen LogP contribution in [0.15, 0.2) is 16.9 Å². The predicted molar refractivity (Wildman–Crippen MR) is 81.6 cm³/mol. The average Bonchev–Trinajstić information content (AvgIpc) is 3.13. The number of carbonyl (C=O) groups excluding carboxylic acids is 1. The van der Waals surface area contributed by atoms with Crippen molar-refractivity contribution in [1.82, 2.24) is 19.8 Å². The number of rotatable bonds is 4. The molecule has 1 atom stereocenters. The van der Waals surface area contributed by atoms with E-state index in [0.29, 0.717) is 11.6 Å². The lowest BCUT2D eigenvalue weighted by Crippen LogP contribution is -2.33. The first-order valence-electron chi connectivity index (χ1n) is 7.47. The van der Waals surface area contributed by atoms with E-state index in [1.54, 1.807) is 29.7 Å². The molecule has 2 heterocycles. The molecule has 0 bridgehead atoms. The molecule has 0 aliphatic heterocycles. The Morgan fingerprint density at radius 1 is 1.50 bits per heavy atom. The third-order valence-electron chi connectivity index (χ3n) is 4.12. The molecule has 7 heteroatoms. The molecule has 3 rings (SSSR count). The van der Waals surface area contributed by atoms with Crippen LogP contribution in [0, 0.1) is 0 Å². The summed E-state index contributed by atoms with van der Waals surface area (Å²) in [7, 11) is 1.77. The largest absolute Gasteiger partial charge is 0.361 e. The monoisotopic (exact) mass is 322 g/mol. The highest BCUT2D eigenvalue weighted by Crippen LogP contribution is 2.25. The number of nitrogens with zero attached hydrogens (tertiary/aromatic N) is 4. The molecule has 1 unspecified atom stereocenters. The molecule has 0 saturated heterocycles. The molecule has 22 heavy (non-hydrogen) atoms. The van der Waals surface area contributed by atoms with Crippen LogP contribution in [0.2, 0.25) is 5.02 Å².